The van der Waals surface area contributed by atoms with Gasteiger partial charge in [0.2, 0.25) is 5.78 Å². The number of methoxy groups -OCH3 is 1. The fourth-order valence-corrected chi connectivity index (χ4v) is 5.75. The van der Waals surface area contributed by atoms with E-state index in [0.717, 1.165) is 0 Å². The summed E-state index contributed by atoms with van der Waals surface area (Å²) in [6.45, 7) is 0.560. The molecule has 6 atom stereocenters. The van der Waals surface area contributed by atoms with E-state index in [9.17, 15) is 44.5 Å². The zero-order valence-corrected chi connectivity index (χ0v) is 24.8. The molecule has 1 fully saturated rings. The second-order valence-corrected chi connectivity index (χ2v) is 12.4. The number of fused-ring (bicyclic) bond motifs is 3. The van der Waals surface area contributed by atoms with Crippen LogP contribution in [0.1, 0.15) is 68.8 Å². The normalized spacial score (nSPS) is 27.9. The molecule has 0 unspecified atom stereocenters. The molecule has 3 aliphatic rings. The Balaban J connectivity index is 0.000000996. The number of carbonyl (C=O) groups is 3. The summed E-state index contributed by atoms with van der Waals surface area (Å²) in [6, 6.07) is 3.64. The van der Waals surface area contributed by atoms with E-state index in [1.54, 1.807) is 19.4 Å². The number of aliphatic hydroxyl groups excluding tert-OH is 2. The van der Waals surface area contributed by atoms with E-state index in [0.29, 0.717) is 0 Å². The van der Waals surface area contributed by atoms with Gasteiger partial charge in [-0.2, -0.15) is 0 Å². The van der Waals surface area contributed by atoms with E-state index in [1.165, 1.54) is 25.3 Å². The van der Waals surface area contributed by atoms with Gasteiger partial charge in [-0.3, -0.25) is 14.4 Å². The van der Waals surface area contributed by atoms with Crippen LogP contribution < -0.4 is 10.5 Å². The number of rotatable bonds is 5. The molecule has 0 bridgehead atoms. The fraction of sp³-hybridized carbons (Fsp3) is 0.483. The second-order valence-electron chi connectivity index (χ2n) is 10.9. The van der Waals surface area contributed by atoms with Crippen molar-refractivity contribution in [2.45, 2.75) is 62.4 Å². The van der Waals surface area contributed by atoms with Crippen molar-refractivity contribution in [3.05, 3.63) is 51.6 Å². The van der Waals surface area contributed by atoms with Gasteiger partial charge in [0.25, 0.3) is 0 Å². The first kappa shape index (κ1) is 32.8. The molecule has 43 heavy (non-hydrogen) atoms. The SMILES string of the molecule is COc1cccc2c1C(=O)c1c(O)c3c(c(O)c1C2=O)C[C@@](O)(C(=O)CO)C[C@@H]3O[C@H]1C[C@H](N)[C@H](O)[C@H](C)O1.C[S+](C)[O-]. The number of Topliss-reactive ketones (excluding diaryl/α,β-unsaturated/α-hetero) is 1. The van der Waals surface area contributed by atoms with Crippen LogP contribution in [0.4, 0.5) is 0 Å². The maximum Gasteiger partial charge on any atom is 0.202 e. The molecule has 1 saturated heterocycles. The topological polar surface area (TPSA) is 229 Å². The third-order valence-corrected chi connectivity index (χ3v) is 7.81. The maximum atomic E-state index is 13.6. The largest absolute Gasteiger partial charge is 0.617 e. The molecule has 0 saturated carbocycles. The van der Waals surface area contributed by atoms with Gasteiger partial charge in [-0.05, 0) is 13.0 Å². The fourth-order valence-electron chi connectivity index (χ4n) is 5.75. The van der Waals surface area contributed by atoms with E-state index < -0.39 is 107 Å². The molecule has 5 rings (SSSR count). The molecule has 1 aliphatic heterocycles. The Bertz CT molecular complexity index is 1430. The third kappa shape index (κ3) is 5.89. The number of aliphatic hydroxyl groups is 3. The minimum absolute atomic E-state index is 0.0173. The van der Waals surface area contributed by atoms with Gasteiger partial charge < -0.3 is 50.0 Å². The lowest BCUT2D eigenvalue weighted by Crippen LogP contribution is -2.53. The smallest absolute Gasteiger partial charge is 0.202 e. The zero-order valence-electron chi connectivity index (χ0n) is 24.0. The molecular formula is C29H35NO12S. The number of hydrogen-bond donors (Lipinski definition) is 6. The third-order valence-electron chi connectivity index (χ3n) is 7.81. The summed E-state index contributed by atoms with van der Waals surface area (Å²) in [5, 5.41) is 53.7. The summed E-state index contributed by atoms with van der Waals surface area (Å²) >= 11 is -0.611. The highest BCUT2D eigenvalue weighted by Crippen LogP contribution is 2.52. The molecule has 234 valence electrons. The van der Waals surface area contributed by atoms with Crippen LogP contribution in [0.15, 0.2) is 18.2 Å². The number of phenolic OH excluding ortho intramolecular Hbond substituents is 2. The van der Waals surface area contributed by atoms with Crippen LogP contribution in [-0.4, -0.2) is 104 Å². The van der Waals surface area contributed by atoms with Crippen LogP contribution in [0.5, 0.6) is 17.2 Å². The molecule has 2 aromatic carbocycles. The van der Waals surface area contributed by atoms with Crippen molar-refractivity contribution in [3.63, 3.8) is 0 Å². The average molecular weight is 622 g/mol. The molecule has 0 amide bonds. The molecule has 13 nitrogen and oxygen atoms in total. The Morgan fingerprint density at radius 3 is 2.37 bits per heavy atom. The highest BCUT2D eigenvalue weighted by Gasteiger charge is 2.50. The monoisotopic (exact) mass is 621 g/mol. The average Bonchev–Trinajstić information content (AvgIpc) is 2.94. The summed E-state index contributed by atoms with van der Waals surface area (Å²) in [5.74, 6) is -3.77. The van der Waals surface area contributed by atoms with Gasteiger partial charge in [0, 0.05) is 42.0 Å². The quantitative estimate of drug-likeness (QED) is 0.163. The number of aromatic hydroxyl groups is 2. The van der Waals surface area contributed by atoms with E-state index in [1.807, 2.05) is 0 Å². The van der Waals surface area contributed by atoms with Gasteiger partial charge in [0.05, 0.1) is 54.6 Å². The number of ketones is 3. The summed E-state index contributed by atoms with van der Waals surface area (Å²) in [5.41, 5.74) is 2.37. The molecular weight excluding hydrogens is 586 g/mol. The second kappa shape index (κ2) is 12.5. The van der Waals surface area contributed by atoms with Crippen LogP contribution in [-0.2, 0) is 31.9 Å². The Morgan fingerprint density at radius 2 is 1.79 bits per heavy atom. The molecule has 14 heteroatoms. The lowest BCUT2D eigenvalue weighted by molar-refractivity contribution is -0.247. The van der Waals surface area contributed by atoms with Crippen molar-refractivity contribution in [2.75, 3.05) is 26.2 Å². The summed E-state index contributed by atoms with van der Waals surface area (Å²) in [7, 11) is 1.32. The number of phenols is 2. The standard InChI is InChI=1S/C27H29NO11.C2H6OS/c1-10-22(31)13(28)6-17(38-10)39-15-8-27(36,16(30)9-29)7-12-19(15)26(35)21-20(24(12)33)23(32)11-4-3-5-14(37-2)18(11)25(21)34;1-4(2)3/h3-5,10,13,15,17,22,29,31,33,35-36H,6-9,28H2,1-2H3;1-2H3/t10-,13-,15-,17-,22+,27-;/m0./s1. The van der Waals surface area contributed by atoms with Crippen LogP contribution in [0.25, 0.3) is 0 Å². The highest BCUT2D eigenvalue weighted by molar-refractivity contribution is 7.89. The lowest BCUT2D eigenvalue weighted by Gasteiger charge is -2.42. The van der Waals surface area contributed by atoms with E-state index >= 15 is 0 Å². The molecule has 1 heterocycles. The van der Waals surface area contributed by atoms with Crippen molar-refractivity contribution in [1.29, 1.82) is 0 Å². The van der Waals surface area contributed by atoms with Crippen LogP contribution in [0, 0.1) is 0 Å². The number of ether oxygens (including phenoxy) is 3. The summed E-state index contributed by atoms with van der Waals surface area (Å²) in [6.07, 6.45) is -1.85. The van der Waals surface area contributed by atoms with Crippen molar-refractivity contribution in [1.82, 2.24) is 0 Å². The minimum Gasteiger partial charge on any atom is -0.617 e. The van der Waals surface area contributed by atoms with Gasteiger partial charge in [0.15, 0.2) is 17.9 Å². The minimum atomic E-state index is -2.24. The predicted octanol–water partition coefficient (Wildman–Crippen LogP) is -0.00400. The summed E-state index contributed by atoms with van der Waals surface area (Å²) < 4.78 is 26.5. The van der Waals surface area contributed by atoms with Crippen molar-refractivity contribution >= 4 is 28.5 Å². The van der Waals surface area contributed by atoms with E-state index in [-0.39, 0.29) is 34.4 Å². The Labute approximate surface area is 250 Å². The van der Waals surface area contributed by atoms with Crippen molar-refractivity contribution in [3.8, 4) is 17.2 Å². The Kier molecular flexibility index (Phi) is 9.54. The van der Waals surface area contributed by atoms with E-state index in [2.05, 4.69) is 0 Å². The molecule has 0 spiro atoms. The molecule has 0 radical (unpaired) electrons. The number of nitrogens with two attached hydrogens (primary N) is 1. The number of benzene rings is 2. The zero-order chi connectivity index (χ0) is 32.0. The molecule has 2 aromatic rings. The Hall–Kier alpha value is -3.08. The van der Waals surface area contributed by atoms with Crippen LogP contribution in [0.2, 0.25) is 0 Å². The van der Waals surface area contributed by atoms with Gasteiger partial charge in [-0.25, -0.2) is 0 Å². The molecule has 0 aromatic heterocycles. The van der Waals surface area contributed by atoms with Crippen LogP contribution >= 0.6 is 0 Å². The van der Waals surface area contributed by atoms with Crippen LogP contribution in [0.3, 0.4) is 0 Å². The Morgan fingerprint density at radius 1 is 1.16 bits per heavy atom. The van der Waals surface area contributed by atoms with Gasteiger partial charge in [-0.15, -0.1) is 0 Å². The highest BCUT2D eigenvalue weighted by atomic mass is 32.2. The van der Waals surface area contributed by atoms with Gasteiger partial charge in [0.1, 0.15) is 29.5 Å². The first-order chi connectivity index (χ1) is 20.2. The number of hydrogen-bond acceptors (Lipinski definition) is 13. The van der Waals surface area contributed by atoms with E-state index in [4.69, 9.17) is 19.9 Å². The predicted molar refractivity (Wildman–Crippen MR) is 152 cm³/mol. The van der Waals surface area contributed by atoms with Crippen molar-refractivity contribution in [2.24, 2.45) is 5.73 Å². The van der Waals surface area contributed by atoms with Gasteiger partial charge >= 0.3 is 0 Å². The van der Waals surface area contributed by atoms with Crippen molar-refractivity contribution < 1.29 is 58.7 Å². The summed E-state index contributed by atoms with van der Waals surface area (Å²) in [4.78, 5) is 39.7. The van der Waals surface area contributed by atoms with Gasteiger partial charge in [-0.1, -0.05) is 23.3 Å². The molecule has 2 aliphatic carbocycles. The number of carbonyl (C=O) groups excluding carboxylic acids is 3. The first-order valence-electron chi connectivity index (χ1n) is 13.4. The first-order valence-corrected chi connectivity index (χ1v) is 15.4. The molecule has 7 N–H and O–H groups in total. The maximum absolute atomic E-state index is 13.6. The lowest BCUT2D eigenvalue weighted by atomic mass is 9.72.